The first kappa shape index (κ1) is 22.9. The van der Waals surface area contributed by atoms with Gasteiger partial charge < -0.3 is 15.5 Å². The number of anilines is 2. The van der Waals surface area contributed by atoms with Crippen molar-refractivity contribution in [3.8, 4) is 0 Å². The summed E-state index contributed by atoms with van der Waals surface area (Å²) in [6, 6.07) is 1.56. The standard InChI is InChI=1S/C23H33F2N5O2/c1-23(2,15-5-7-26-8-6-15)30-11-9-29(10-12-30)20-14-16(24)19(13-17(20)25)27-18-3-4-21(31)28-22(18)32/h13-15,18,26-27H,3-12H2,1-2H3,(H,28,31,32). The minimum atomic E-state index is -0.756. The third-order valence-electron chi connectivity index (χ3n) is 7.38. The van der Waals surface area contributed by atoms with Crippen LogP contribution >= 0.6 is 0 Å². The van der Waals surface area contributed by atoms with Crippen molar-refractivity contribution in [3.05, 3.63) is 23.8 Å². The molecule has 32 heavy (non-hydrogen) atoms. The number of nitrogens with zero attached hydrogens (tertiary/aromatic N) is 2. The van der Waals surface area contributed by atoms with Gasteiger partial charge in [0.1, 0.15) is 17.7 Å². The Morgan fingerprint density at radius 1 is 1.00 bits per heavy atom. The summed E-state index contributed by atoms with van der Waals surface area (Å²) in [6.45, 7) is 9.57. The van der Waals surface area contributed by atoms with E-state index >= 15 is 0 Å². The summed E-state index contributed by atoms with van der Waals surface area (Å²) in [7, 11) is 0. The van der Waals surface area contributed by atoms with Gasteiger partial charge in [-0.2, -0.15) is 0 Å². The van der Waals surface area contributed by atoms with Crippen molar-refractivity contribution in [3.63, 3.8) is 0 Å². The molecular weight excluding hydrogens is 416 g/mol. The number of halogens is 2. The predicted molar refractivity (Wildman–Crippen MR) is 120 cm³/mol. The molecule has 3 fully saturated rings. The first-order valence-electron chi connectivity index (χ1n) is 11.6. The molecule has 0 radical (unpaired) electrons. The second kappa shape index (κ2) is 9.31. The van der Waals surface area contributed by atoms with E-state index in [4.69, 9.17) is 0 Å². The monoisotopic (exact) mass is 449 g/mol. The molecule has 0 aromatic heterocycles. The molecule has 0 spiro atoms. The summed E-state index contributed by atoms with van der Waals surface area (Å²) in [4.78, 5) is 27.6. The zero-order chi connectivity index (χ0) is 22.9. The SMILES string of the molecule is CC(C)(C1CCNCC1)N1CCN(c2cc(F)c(NC3CCC(=O)NC3=O)cc2F)CC1. The van der Waals surface area contributed by atoms with Crippen molar-refractivity contribution in [1.29, 1.82) is 0 Å². The van der Waals surface area contributed by atoms with Gasteiger partial charge in [-0.15, -0.1) is 0 Å². The van der Waals surface area contributed by atoms with Crippen LogP contribution in [0.25, 0.3) is 0 Å². The van der Waals surface area contributed by atoms with Crippen molar-refractivity contribution >= 4 is 23.2 Å². The van der Waals surface area contributed by atoms with E-state index in [1.54, 1.807) is 0 Å². The van der Waals surface area contributed by atoms with Crippen molar-refractivity contribution in [2.45, 2.75) is 51.1 Å². The number of imide groups is 1. The van der Waals surface area contributed by atoms with Crippen LogP contribution in [0.3, 0.4) is 0 Å². The molecule has 0 bridgehead atoms. The van der Waals surface area contributed by atoms with Crippen LogP contribution < -0.4 is 20.9 Å². The Morgan fingerprint density at radius 3 is 2.34 bits per heavy atom. The van der Waals surface area contributed by atoms with Crippen LogP contribution in [0.5, 0.6) is 0 Å². The highest BCUT2D eigenvalue weighted by molar-refractivity contribution is 6.01. The van der Waals surface area contributed by atoms with Gasteiger partial charge in [-0.25, -0.2) is 8.78 Å². The summed E-state index contributed by atoms with van der Waals surface area (Å²) in [5, 5.41) is 8.37. The maximum atomic E-state index is 14.9. The Labute approximate surface area is 187 Å². The number of hydrogen-bond donors (Lipinski definition) is 3. The molecule has 1 atom stereocenters. The van der Waals surface area contributed by atoms with E-state index in [9.17, 15) is 18.4 Å². The van der Waals surface area contributed by atoms with Gasteiger partial charge in [-0.05, 0) is 52.1 Å². The van der Waals surface area contributed by atoms with Crippen LogP contribution in [0.4, 0.5) is 20.2 Å². The first-order chi connectivity index (χ1) is 15.3. The van der Waals surface area contributed by atoms with Crippen LogP contribution in [-0.4, -0.2) is 67.6 Å². The molecular formula is C23H33F2N5O2. The highest BCUT2D eigenvalue weighted by atomic mass is 19.1. The minimum absolute atomic E-state index is 0.0635. The summed E-state index contributed by atoms with van der Waals surface area (Å²) in [6.07, 6.45) is 2.75. The minimum Gasteiger partial charge on any atom is -0.371 e. The molecule has 3 aliphatic rings. The second-order valence-electron chi connectivity index (χ2n) is 9.58. The van der Waals surface area contributed by atoms with E-state index in [2.05, 4.69) is 34.7 Å². The van der Waals surface area contributed by atoms with E-state index in [1.807, 2.05) is 4.90 Å². The zero-order valence-electron chi connectivity index (χ0n) is 18.8. The summed E-state index contributed by atoms with van der Waals surface area (Å²) < 4.78 is 29.7. The molecule has 3 aliphatic heterocycles. The van der Waals surface area contributed by atoms with Crippen molar-refractivity contribution < 1.29 is 18.4 Å². The molecule has 2 amide bonds. The number of benzene rings is 1. The van der Waals surface area contributed by atoms with E-state index in [0.717, 1.165) is 45.1 Å². The fourth-order valence-electron chi connectivity index (χ4n) is 5.22. The molecule has 1 aromatic carbocycles. The van der Waals surface area contributed by atoms with Crippen molar-refractivity contribution in [2.75, 3.05) is 49.5 Å². The quantitative estimate of drug-likeness (QED) is 0.598. The van der Waals surface area contributed by atoms with E-state index < -0.39 is 23.6 Å². The van der Waals surface area contributed by atoms with Gasteiger partial charge in [0.15, 0.2) is 0 Å². The molecule has 176 valence electrons. The highest BCUT2D eigenvalue weighted by Gasteiger charge is 2.37. The molecule has 1 aromatic rings. The normalized spacial score (nSPS) is 23.9. The van der Waals surface area contributed by atoms with Crippen LogP contribution in [0.15, 0.2) is 12.1 Å². The third kappa shape index (κ3) is 4.73. The first-order valence-corrected chi connectivity index (χ1v) is 11.6. The number of piperidine rings is 2. The molecule has 0 aliphatic carbocycles. The Bertz CT molecular complexity index is 864. The lowest BCUT2D eigenvalue weighted by Crippen LogP contribution is -2.58. The average molecular weight is 450 g/mol. The van der Waals surface area contributed by atoms with Gasteiger partial charge in [0.2, 0.25) is 11.8 Å². The molecule has 3 saturated heterocycles. The number of carbonyl (C=O) groups excluding carboxylic acids is 2. The molecule has 3 N–H and O–H groups in total. The lowest BCUT2D eigenvalue weighted by atomic mass is 9.79. The fourth-order valence-corrected chi connectivity index (χ4v) is 5.22. The number of nitrogens with one attached hydrogen (secondary N) is 3. The summed E-state index contributed by atoms with van der Waals surface area (Å²) in [5.74, 6) is -1.37. The molecule has 9 heteroatoms. The number of rotatable bonds is 5. The van der Waals surface area contributed by atoms with Crippen LogP contribution in [0.1, 0.15) is 39.5 Å². The lowest BCUT2D eigenvalue weighted by Gasteiger charge is -2.49. The van der Waals surface area contributed by atoms with Crippen molar-refractivity contribution in [1.82, 2.24) is 15.5 Å². The number of carbonyl (C=O) groups is 2. The zero-order valence-corrected chi connectivity index (χ0v) is 18.8. The highest BCUT2D eigenvalue weighted by Crippen LogP contribution is 2.33. The van der Waals surface area contributed by atoms with Gasteiger partial charge in [0.05, 0.1) is 11.4 Å². The molecule has 7 nitrogen and oxygen atoms in total. The van der Waals surface area contributed by atoms with Crippen LogP contribution in [0.2, 0.25) is 0 Å². The smallest absolute Gasteiger partial charge is 0.249 e. The van der Waals surface area contributed by atoms with E-state index in [-0.39, 0.29) is 35.7 Å². The Balaban J connectivity index is 1.40. The van der Waals surface area contributed by atoms with Gasteiger partial charge >= 0.3 is 0 Å². The number of piperazine rings is 1. The number of hydrogen-bond acceptors (Lipinski definition) is 6. The van der Waals surface area contributed by atoms with Crippen molar-refractivity contribution in [2.24, 2.45) is 5.92 Å². The summed E-state index contributed by atoms with van der Waals surface area (Å²) in [5.41, 5.74) is 0.260. The predicted octanol–water partition coefficient (Wildman–Crippen LogP) is 2.08. The second-order valence-corrected chi connectivity index (χ2v) is 9.58. The Morgan fingerprint density at radius 2 is 1.69 bits per heavy atom. The van der Waals surface area contributed by atoms with Crippen LogP contribution in [0, 0.1) is 17.6 Å². The van der Waals surface area contributed by atoms with Crippen LogP contribution in [-0.2, 0) is 9.59 Å². The van der Waals surface area contributed by atoms with Gasteiger partial charge in [-0.3, -0.25) is 19.8 Å². The number of amides is 2. The summed E-state index contributed by atoms with van der Waals surface area (Å²) >= 11 is 0. The van der Waals surface area contributed by atoms with Gasteiger partial charge in [0.25, 0.3) is 0 Å². The average Bonchev–Trinajstić information content (AvgIpc) is 2.78. The van der Waals surface area contributed by atoms with Gasteiger partial charge in [0, 0.05) is 50.3 Å². The molecule has 0 saturated carbocycles. The lowest BCUT2D eigenvalue weighted by molar-refractivity contribution is -0.133. The van der Waals surface area contributed by atoms with E-state index in [0.29, 0.717) is 19.0 Å². The fraction of sp³-hybridized carbons (Fsp3) is 0.652. The molecule has 4 rings (SSSR count). The Hall–Kier alpha value is -2.26. The third-order valence-corrected chi connectivity index (χ3v) is 7.38. The molecule has 3 heterocycles. The van der Waals surface area contributed by atoms with Gasteiger partial charge in [-0.1, -0.05) is 0 Å². The Kier molecular flexibility index (Phi) is 6.67. The molecule has 1 unspecified atom stereocenters. The largest absolute Gasteiger partial charge is 0.371 e. The maximum absolute atomic E-state index is 14.9. The topological polar surface area (TPSA) is 76.7 Å². The maximum Gasteiger partial charge on any atom is 0.249 e. The van der Waals surface area contributed by atoms with E-state index in [1.165, 1.54) is 6.07 Å².